The van der Waals surface area contributed by atoms with E-state index in [1.54, 1.807) is 35.7 Å². The summed E-state index contributed by atoms with van der Waals surface area (Å²) in [5.74, 6) is 0.944. The highest BCUT2D eigenvalue weighted by molar-refractivity contribution is 7.89. The van der Waals surface area contributed by atoms with Crippen LogP contribution < -0.4 is 4.74 Å². The van der Waals surface area contributed by atoms with E-state index in [2.05, 4.69) is 42.0 Å². The summed E-state index contributed by atoms with van der Waals surface area (Å²) in [6.45, 7) is 4.27. The molecule has 0 saturated carbocycles. The van der Waals surface area contributed by atoms with Gasteiger partial charge in [0.2, 0.25) is 10.0 Å². The second-order valence-corrected chi connectivity index (χ2v) is 9.59. The van der Waals surface area contributed by atoms with Gasteiger partial charge in [0.25, 0.3) is 0 Å². The largest absolute Gasteiger partial charge is 0.497 e. The zero-order valence-electron chi connectivity index (χ0n) is 17.0. The number of piperidine rings is 1. The maximum absolute atomic E-state index is 13.1. The lowest BCUT2D eigenvalue weighted by atomic mass is 9.90. The van der Waals surface area contributed by atoms with Crippen LogP contribution in [0.1, 0.15) is 37.7 Å². The number of hydrogen-bond donors (Lipinski definition) is 0. The van der Waals surface area contributed by atoms with Crippen LogP contribution in [0.3, 0.4) is 0 Å². The Balaban J connectivity index is 1.55. The van der Waals surface area contributed by atoms with Crippen LogP contribution in [0.25, 0.3) is 10.9 Å². The number of rotatable bonds is 6. The first kappa shape index (κ1) is 20.0. The summed E-state index contributed by atoms with van der Waals surface area (Å²) >= 11 is 0. The first-order valence-corrected chi connectivity index (χ1v) is 11.7. The molecular weight excluding hydrogens is 384 g/mol. The molecule has 0 N–H and O–H groups in total. The number of ether oxygens (including phenoxy) is 1. The number of benzene rings is 2. The molecule has 1 aromatic heterocycles. The van der Waals surface area contributed by atoms with Gasteiger partial charge in [-0.25, -0.2) is 8.42 Å². The van der Waals surface area contributed by atoms with Crippen molar-refractivity contribution in [3.63, 3.8) is 0 Å². The minimum atomic E-state index is -3.50. The second kappa shape index (κ2) is 8.20. The van der Waals surface area contributed by atoms with Crippen LogP contribution in [0.5, 0.6) is 5.75 Å². The van der Waals surface area contributed by atoms with E-state index in [0.29, 0.717) is 29.7 Å². The van der Waals surface area contributed by atoms with Crippen molar-refractivity contribution >= 4 is 20.9 Å². The number of hydrogen-bond acceptors (Lipinski definition) is 3. The average Bonchev–Trinajstić information content (AvgIpc) is 3.13. The molecule has 1 aliphatic rings. The van der Waals surface area contributed by atoms with Crippen molar-refractivity contribution in [2.24, 2.45) is 0 Å². The number of fused-ring (bicyclic) bond motifs is 1. The van der Waals surface area contributed by atoms with Crippen LogP contribution in [0.15, 0.2) is 59.6 Å². The van der Waals surface area contributed by atoms with Crippen LogP contribution in [0.2, 0.25) is 0 Å². The van der Waals surface area contributed by atoms with E-state index in [4.69, 9.17) is 4.74 Å². The highest BCUT2D eigenvalue weighted by Crippen LogP contribution is 2.36. The van der Waals surface area contributed by atoms with Crippen molar-refractivity contribution in [1.29, 1.82) is 0 Å². The molecule has 0 atom stereocenters. The quantitative estimate of drug-likeness (QED) is 0.593. The molecule has 6 heteroatoms. The summed E-state index contributed by atoms with van der Waals surface area (Å²) in [5, 5.41) is 1.30. The van der Waals surface area contributed by atoms with Crippen LogP contribution in [0.4, 0.5) is 0 Å². The molecule has 5 nitrogen and oxygen atoms in total. The van der Waals surface area contributed by atoms with Gasteiger partial charge in [-0.2, -0.15) is 4.31 Å². The van der Waals surface area contributed by atoms with Gasteiger partial charge in [0.15, 0.2) is 0 Å². The molecular formula is C23H28N2O3S. The fourth-order valence-corrected chi connectivity index (χ4v) is 5.85. The van der Waals surface area contributed by atoms with Crippen LogP contribution in [-0.4, -0.2) is 37.5 Å². The maximum atomic E-state index is 13.1. The number of aryl methyl sites for hydroxylation is 1. The lowest BCUT2D eigenvalue weighted by Crippen LogP contribution is -2.37. The number of sulfonamides is 1. The van der Waals surface area contributed by atoms with Crippen LogP contribution in [0, 0.1) is 0 Å². The van der Waals surface area contributed by atoms with Gasteiger partial charge in [-0.15, -0.1) is 0 Å². The highest BCUT2D eigenvalue weighted by Gasteiger charge is 2.31. The Labute approximate surface area is 173 Å². The second-order valence-electron chi connectivity index (χ2n) is 7.65. The summed E-state index contributed by atoms with van der Waals surface area (Å²) in [6, 6.07) is 15.3. The summed E-state index contributed by atoms with van der Waals surface area (Å²) in [5.41, 5.74) is 2.63. The van der Waals surface area contributed by atoms with E-state index in [0.717, 1.165) is 25.8 Å². The first-order chi connectivity index (χ1) is 14.0. The van der Waals surface area contributed by atoms with Gasteiger partial charge in [-0.3, -0.25) is 0 Å². The lowest BCUT2D eigenvalue weighted by Gasteiger charge is -2.31. The fraction of sp³-hybridized carbons (Fsp3) is 0.391. The number of aromatic nitrogens is 1. The van der Waals surface area contributed by atoms with E-state index < -0.39 is 10.0 Å². The van der Waals surface area contributed by atoms with Gasteiger partial charge in [-0.05, 0) is 48.9 Å². The smallest absolute Gasteiger partial charge is 0.243 e. The standard InChI is InChI=1S/C23H28N2O3S/c1-3-13-24-17-22(21-9-4-5-10-23(21)24)18-11-14-25(15-12-18)29(26,27)20-8-6-7-19(16-20)28-2/h4-10,16-18H,3,11-15H2,1-2H3. The third-order valence-electron chi connectivity index (χ3n) is 5.86. The van der Waals surface area contributed by atoms with E-state index in [1.807, 2.05) is 0 Å². The first-order valence-electron chi connectivity index (χ1n) is 10.3. The summed E-state index contributed by atoms with van der Waals surface area (Å²) < 4.78 is 35.3. The molecule has 0 bridgehead atoms. The Kier molecular flexibility index (Phi) is 5.65. The Morgan fingerprint density at radius 3 is 2.55 bits per heavy atom. The molecule has 4 rings (SSSR count). The molecule has 1 fully saturated rings. The Morgan fingerprint density at radius 2 is 1.83 bits per heavy atom. The van der Waals surface area contributed by atoms with Gasteiger partial charge < -0.3 is 9.30 Å². The summed E-state index contributed by atoms with van der Waals surface area (Å²) in [6.07, 6.45) is 5.05. The van der Waals surface area contributed by atoms with E-state index in [-0.39, 0.29) is 0 Å². The van der Waals surface area contributed by atoms with Crippen LogP contribution in [-0.2, 0) is 16.6 Å². The SMILES string of the molecule is CCCn1cc(C2CCN(S(=O)(=O)c3cccc(OC)c3)CC2)c2ccccc21. The van der Waals surface area contributed by atoms with Gasteiger partial charge in [0.1, 0.15) is 5.75 Å². The lowest BCUT2D eigenvalue weighted by molar-refractivity contribution is 0.320. The van der Waals surface area contributed by atoms with Crippen molar-refractivity contribution in [3.05, 3.63) is 60.3 Å². The summed E-state index contributed by atoms with van der Waals surface area (Å²) in [7, 11) is -1.95. The number of para-hydroxylation sites is 1. The van der Waals surface area contributed by atoms with Gasteiger partial charge in [0.05, 0.1) is 12.0 Å². The molecule has 0 unspecified atom stereocenters. The fourth-order valence-electron chi connectivity index (χ4n) is 4.34. The molecule has 0 aliphatic carbocycles. The predicted octanol–water partition coefficient (Wildman–Crippen LogP) is 4.63. The molecule has 0 spiro atoms. The third-order valence-corrected chi connectivity index (χ3v) is 7.75. The van der Waals surface area contributed by atoms with Gasteiger partial charge >= 0.3 is 0 Å². The minimum absolute atomic E-state index is 0.301. The van der Waals surface area contributed by atoms with E-state index >= 15 is 0 Å². The van der Waals surface area contributed by atoms with Gasteiger partial charge in [0, 0.05) is 42.8 Å². The zero-order chi connectivity index (χ0) is 20.4. The molecule has 154 valence electrons. The topological polar surface area (TPSA) is 51.5 Å². The molecule has 29 heavy (non-hydrogen) atoms. The van der Waals surface area contributed by atoms with Crippen molar-refractivity contribution < 1.29 is 13.2 Å². The molecule has 3 aromatic rings. The predicted molar refractivity (Wildman–Crippen MR) is 116 cm³/mol. The zero-order valence-corrected chi connectivity index (χ0v) is 17.9. The molecule has 2 heterocycles. The maximum Gasteiger partial charge on any atom is 0.243 e. The minimum Gasteiger partial charge on any atom is -0.497 e. The Morgan fingerprint density at radius 1 is 1.07 bits per heavy atom. The number of nitrogens with zero attached hydrogens (tertiary/aromatic N) is 2. The number of methoxy groups -OCH3 is 1. The summed E-state index contributed by atoms with van der Waals surface area (Å²) in [4.78, 5) is 0.301. The molecule has 2 aromatic carbocycles. The third kappa shape index (κ3) is 3.79. The van der Waals surface area contributed by atoms with Crippen molar-refractivity contribution in [2.75, 3.05) is 20.2 Å². The monoisotopic (exact) mass is 412 g/mol. The molecule has 1 saturated heterocycles. The van der Waals surface area contributed by atoms with E-state index in [9.17, 15) is 8.42 Å². The molecule has 1 aliphatic heterocycles. The Bertz CT molecular complexity index is 1100. The van der Waals surface area contributed by atoms with Crippen molar-refractivity contribution in [3.8, 4) is 5.75 Å². The van der Waals surface area contributed by atoms with Gasteiger partial charge in [-0.1, -0.05) is 31.2 Å². The Hall–Kier alpha value is -2.31. The van der Waals surface area contributed by atoms with E-state index in [1.165, 1.54) is 16.5 Å². The molecule has 0 radical (unpaired) electrons. The average molecular weight is 413 g/mol. The molecule has 0 amide bonds. The normalized spacial score (nSPS) is 16.3. The van der Waals surface area contributed by atoms with Crippen LogP contribution >= 0.6 is 0 Å². The van der Waals surface area contributed by atoms with Crippen molar-refractivity contribution in [1.82, 2.24) is 8.87 Å². The van der Waals surface area contributed by atoms with Crippen molar-refractivity contribution in [2.45, 2.75) is 43.5 Å². The highest BCUT2D eigenvalue weighted by atomic mass is 32.2.